The van der Waals surface area contributed by atoms with Gasteiger partial charge in [0.25, 0.3) is 5.91 Å². The minimum Gasteiger partial charge on any atom is -0.360 e. The minimum atomic E-state index is -0.211. The van der Waals surface area contributed by atoms with Crippen molar-refractivity contribution in [3.05, 3.63) is 82.6 Å². The van der Waals surface area contributed by atoms with Crippen molar-refractivity contribution >= 4 is 40.0 Å². The summed E-state index contributed by atoms with van der Waals surface area (Å²) in [7, 11) is 0. The van der Waals surface area contributed by atoms with Crippen LogP contribution in [0.15, 0.2) is 69.4 Å². The van der Waals surface area contributed by atoms with Crippen molar-refractivity contribution in [2.75, 3.05) is 5.32 Å². The number of thioether (sulfide) groups is 1. The molecular weight excluding hydrogens is 468 g/mol. The summed E-state index contributed by atoms with van der Waals surface area (Å²) in [6, 6.07) is 17.1. The van der Waals surface area contributed by atoms with Crippen LogP contribution in [0.1, 0.15) is 47.3 Å². The number of carbonyl (C=O) groups is 2. The second-order valence-corrected chi connectivity index (χ2v) is 9.63. The zero-order chi connectivity index (χ0) is 24.1. The smallest absolute Gasteiger partial charge is 0.258 e. The van der Waals surface area contributed by atoms with Crippen molar-refractivity contribution < 1.29 is 14.1 Å². The van der Waals surface area contributed by atoms with E-state index in [1.165, 1.54) is 30.0 Å². The maximum atomic E-state index is 13.0. The van der Waals surface area contributed by atoms with Crippen LogP contribution >= 0.6 is 23.1 Å². The first-order chi connectivity index (χ1) is 16.4. The topological polar surface area (TPSA) is 97.1 Å². The zero-order valence-electron chi connectivity index (χ0n) is 19.0. The average Bonchev–Trinajstić information content (AvgIpc) is 3.46. The Hall–Kier alpha value is -3.43. The van der Waals surface area contributed by atoms with E-state index in [9.17, 15) is 9.59 Å². The predicted molar refractivity (Wildman–Crippen MR) is 135 cm³/mol. The summed E-state index contributed by atoms with van der Waals surface area (Å²) in [4.78, 5) is 29.7. The lowest BCUT2D eigenvalue weighted by atomic mass is 10.1. The van der Waals surface area contributed by atoms with Gasteiger partial charge in [-0.25, -0.2) is 4.98 Å². The van der Waals surface area contributed by atoms with Crippen LogP contribution in [-0.2, 0) is 10.5 Å². The summed E-state index contributed by atoms with van der Waals surface area (Å²) < 4.78 is 5.27. The monoisotopic (exact) mass is 492 g/mol. The Morgan fingerprint density at radius 2 is 1.91 bits per heavy atom. The van der Waals surface area contributed by atoms with Gasteiger partial charge < -0.3 is 9.84 Å². The number of benzene rings is 2. The molecular formula is C25H24N4O3S2. The van der Waals surface area contributed by atoms with Crippen LogP contribution in [-0.4, -0.2) is 22.0 Å². The van der Waals surface area contributed by atoms with Crippen molar-refractivity contribution in [1.29, 1.82) is 0 Å². The summed E-state index contributed by atoms with van der Waals surface area (Å²) in [5.74, 6) is 1.07. The molecule has 0 saturated heterocycles. The normalized spacial score (nSPS) is 11.7. The van der Waals surface area contributed by atoms with E-state index in [1.54, 1.807) is 6.07 Å². The van der Waals surface area contributed by atoms with Gasteiger partial charge in [-0.1, -0.05) is 41.6 Å². The molecule has 4 rings (SSSR count). The van der Waals surface area contributed by atoms with Gasteiger partial charge in [0, 0.05) is 28.8 Å². The predicted octanol–water partition coefficient (Wildman–Crippen LogP) is 5.85. The molecule has 1 atom stereocenters. The van der Waals surface area contributed by atoms with E-state index in [-0.39, 0.29) is 17.9 Å². The third-order valence-electron chi connectivity index (χ3n) is 5.03. The maximum absolute atomic E-state index is 13.0. The zero-order valence-corrected chi connectivity index (χ0v) is 20.6. The Morgan fingerprint density at radius 1 is 1.15 bits per heavy atom. The number of amides is 2. The number of hydrogen-bond acceptors (Lipinski definition) is 7. The molecule has 0 spiro atoms. The number of carbonyl (C=O) groups excluding carboxylic acids is 2. The fraction of sp³-hybridized carbons (Fsp3) is 0.200. The Bertz CT molecular complexity index is 1300. The van der Waals surface area contributed by atoms with Gasteiger partial charge in [0.15, 0.2) is 5.13 Å². The van der Waals surface area contributed by atoms with Crippen molar-refractivity contribution in [1.82, 2.24) is 15.5 Å². The van der Waals surface area contributed by atoms with E-state index in [0.717, 1.165) is 33.2 Å². The van der Waals surface area contributed by atoms with Crippen LogP contribution in [0.5, 0.6) is 0 Å². The highest BCUT2D eigenvalue weighted by molar-refractivity contribution is 7.98. The van der Waals surface area contributed by atoms with Gasteiger partial charge in [-0.3, -0.25) is 14.9 Å². The number of hydrogen-bond donors (Lipinski definition) is 2. The first-order valence-corrected chi connectivity index (χ1v) is 12.5. The summed E-state index contributed by atoms with van der Waals surface area (Å²) in [6.45, 7) is 5.32. The Morgan fingerprint density at radius 3 is 2.62 bits per heavy atom. The molecule has 4 aromatic rings. The molecule has 2 N–H and O–H groups in total. The van der Waals surface area contributed by atoms with Crippen molar-refractivity contribution in [2.24, 2.45) is 0 Å². The quantitative estimate of drug-likeness (QED) is 0.300. The largest absolute Gasteiger partial charge is 0.360 e. The molecule has 1 unspecified atom stereocenters. The van der Waals surface area contributed by atoms with Gasteiger partial charge in [-0.05, 0) is 31.5 Å². The summed E-state index contributed by atoms with van der Waals surface area (Å²) in [5, 5.41) is 12.1. The lowest BCUT2D eigenvalue weighted by Crippen LogP contribution is -2.23. The number of anilines is 1. The molecule has 9 heteroatoms. The minimum absolute atomic E-state index is 0.0653. The Kier molecular flexibility index (Phi) is 7.44. The Labute approximate surface area is 206 Å². The van der Waals surface area contributed by atoms with Crippen molar-refractivity contribution in [3.8, 4) is 11.3 Å². The molecule has 174 valence electrons. The maximum Gasteiger partial charge on any atom is 0.258 e. The third kappa shape index (κ3) is 5.92. The van der Waals surface area contributed by atoms with E-state index in [4.69, 9.17) is 4.52 Å². The first kappa shape index (κ1) is 23.7. The van der Waals surface area contributed by atoms with E-state index in [0.29, 0.717) is 16.4 Å². The lowest BCUT2D eigenvalue weighted by Gasteiger charge is -2.13. The van der Waals surface area contributed by atoms with Gasteiger partial charge in [-0.15, -0.1) is 23.1 Å². The molecule has 0 fully saturated rings. The molecule has 0 aliphatic heterocycles. The van der Waals surface area contributed by atoms with Gasteiger partial charge in [0.05, 0.1) is 28.7 Å². The van der Waals surface area contributed by atoms with Crippen LogP contribution in [0.25, 0.3) is 11.3 Å². The van der Waals surface area contributed by atoms with Crippen molar-refractivity contribution in [2.45, 2.75) is 37.5 Å². The molecule has 2 aromatic heterocycles. The molecule has 0 saturated carbocycles. The van der Waals surface area contributed by atoms with E-state index in [1.807, 2.05) is 67.8 Å². The molecule has 0 aliphatic carbocycles. The number of nitrogens with one attached hydrogen (secondary N) is 2. The lowest BCUT2D eigenvalue weighted by molar-refractivity contribution is -0.119. The van der Waals surface area contributed by atoms with Gasteiger partial charge in [0.2, 0.25) is 5.91 Å². The van der Waals surface area contributed by atoms with Gasteiger partial charge in [0.1, 0.15) is 5.76 Å². The van der Waals surface area contributed by atoms with Crippen molar-refractivity contribution in [3.63, 3.8) is 0 Å². The third-order valence-corrected chi connectivity index (χ3v) is 6.88. The molecule has 7 nitrogen and oxygen atoms in total. The standard InChI is InChI=1S/C25H24N4O3S2/c1-15-12-20(32-29-15)13-33-23-7-5-4-6-21(23)24(31)28-25-27-22(14-34-25)19-10-8-18(9-11-19)16(2)26-17(3)30/h4-12,14,16H,13H2,1-3H3,(H,26,30)(H,27,28,31). The number of nitrogens with zero attached hydrogens (tertiary/aromatic N) is 2. The van der Waals surface area contributed by atoms with Crippen LogP contribution in [0.4, 0.5) is 5.13 Å². The molecule has 2 heterocycles. The summed E-state index contributed by atoms with van der Waals surface area (Å²) in [5.41, 5.74) is 4.14. The number of aromatic nitrogens is 2. The average molecular weight is 493 g/mol. The van der Waals surface area contributed by atoms with Crippen LogP contribution in [0.3, 0.4) is 0 Å². The van der Waals surface area contributed by atoms with E-state index in [2.05, 4.69) is 20.8 Å². The summed E-state index contributed by atoms with van der Waals surface area (Å²) in [6.07, 6.45) is 0. The molecule has 34 heavy (non-hydrogen) atoms. The second kappa shape index (κ2) is 10.7. The molecule has 0 aliphatic rings. The van der Waals surface area contributed by atoms with Crippen LogP contribution in [0, 0.1) is 6.92 Å². The van der Waals surface area contributed by atoms with Crippen LogP contribution in [0.2, 0.25) is 0 Å². The number of thiazole rings is 1. The highest BCUT2D eigenvalue weighted by atomic mass is 32.2. The molecule has 0 bridgehead atoms. The fourth-order valence-electron chi connectivity index (χ4n) is 3.37. The van der Waals surface area contributed by atoms with Crippen LogP contribution < -0.4 is 10.6 Å². The number of aryl methyl sites for hydroxylation is 1. The molecule has 0 radical (unpaired) electrons. The fourth-order valence-corrected chi connectivity index (χ4v) is 5.01. The van der Waals surface area contributed by atoms with Gasteiger partial charge >= 0.3 is 0 Å². The first-order valence-electron chi connectivity index (χ1n) is 10.7. The highest BCUT2D eigenvalue weighted by Gasteiger charge is 2.15. The highest BCUT2D eigenvalue weighted by Crippen LogP contribution is 2.29. The molecule has 2 aromatic carbocycles. The number of rotatable bonds is 8. The SMILES string of the molecule is CC(=O)NC(C)c1ccc(-c2csc(NC(=O)c3ccccc3SCc3cc(C)no3)n2)cc1. The van der Waals surface area contributed by atoms with E-state index < -0.39 is 0 Å². The second-order valence-electron chi connectivity index (χ2n) is 7.76. The van der Waals surface area contributed by atoms with E-state index >= 15 is 0 Å². The van der Waals surface area contributed by atoms with Gasteiger partial charge in [-0.2, -0.15) is 0 Å². The molecule has 2 amide bonds. The Balaban J connectivity index is 1.42. The summed E-state index contributed by atoms with van der Waals surface area (Å²) >= 11 is 2.90.